The van der Waals surface area contributed by atoms with Crippen LogP contribution in [-0.2, 0) is 16.1 Å². The molecule has 8 heteroatoms. The topological polar surface area (TPSA) is 78.3 Å². The highest BCUT2D eigenvalue weighted by atomic mass is 79.9. The molecule has 0 atom stereocenters. The monoisotopic (exact) mass is 458 g/mol. The van der Waals surface area contributed by atoms with Gasteiger partial charge in [-0.3, -0.25) is 4.79 Å². The van der Waals surface area contributed by atoms with Gasteiger partial charge in [-0.1, -0.05) is 39.3 Å². The number of benzene rings is 2. The summed E-state index contributed by atoms with van der Waals surface area (Å²) in [6.07, 6.45) is 0. The molecule has 3 rings (SSSR count). The number of anilines is 1. The van der Waals surface area contributed by atoms with Crippen molar-refractivity contribution >= 4 is 27.5 Å². The van der Waals surface area contributed by atoms with E-state index in [2.05, 4.69) is 31.6 Å². The molecule has 0 aliphatic heterocycles. The van der Waals surface area contributed by atoms with Gasteiger partial charge in [0.05, 0.1) is 31.2 Å². The number of nitrogens with zero attached hydrogens (tertiary/aromatic N) is 3. The highest BCUT2D eigenvalue weighted by Gasteiger charge is 2.17. The third-order valence-electron chi connectivity index (χ3n) is 4.19. The van der Waals surface area contributed by atoms with Crippen molar-refractivity contribution in [2.45, 2.75) is 20.5 Å². The first-order valence-electron chi connectivity index (χ1n) is 9.32. The predicted molar refractivity (Wildman–Crippen MR) is 114 cm³/mol. The average Bonchev–Trinajstić information content (AvgIpc) is 3.10. The van der Waals surface area contributed by atoms with Crippen molar-refractivity contribution in [1.29, 1.82) is 0 Å². The van der Waals surface area contributed by atoms with E-state index in [9.17, 15) is 4.79 Å². The quantitative estimate of drug-likeness (QED) is 0.487. The van der Waals surface area contributed by atoms with Gasteiger partial charge in [-0.2, -0.15) is 0 Å². The van der Waals surface area contributed by atoms with E-state index < -0.39 is 0 Å². The fourth-order valence-electron chi connectivity index (χ4n) is 2.77. The van der Waals surface area contributed by atoms with Gasteiger partial charge in [0.1, 0.15) is 0 Å². The highest BCUT2D eigenvalue weighted by molar-refractivity contribution is 9.10. The summed E-state index contributed by atoms with van der Waals surface area (Å²) in [5.41, 5.74) is 3.42. The Hall–Kier alpha value is -2.55. The molecule has 0 fully saturated rings. The number of carbonyl (C=O) groups is 1. The van der Waals surface area contributed by atoms with E-state index >= 15 is 0 Å². The second-order valence-electron chi connectivity index (χ2n) is 6.32. The zero-order valence-electron chi connectivity index (χ0n) is 16.4. The van der Waals surface area contributed by atoms with Crippen molar-refractivity contribution in [3.8, 4) is 5.69 Å². The Morgan fingerprint density at radius 2 is 1.93 bits per heavy atom. The first kappa shape index (κ1) is 21.2. The largest absolute Gasteiger partial charge is 0.379 e. The lowest BCUT2D eigenvalue weighted by molar-refractivity contribution is 0.0453. The molecule has 3 aromatic rings. The minimum atomic E-state index is -0.307. The Labute approximate surface area is 178 Å². The number of carbonyl (C=O) groups excluding carboxylic acids is 1. The maximum Gasteiger partial charge on any atom is 0.278 e. The van der Waals surface area contributed by atoms with E-state index in [4.69, 9.17) is 9.47 Å². The minimum Gasteiger partial charge on any atom is -0.379 e. The van der Waals surface area contributed by atoms with E-state index in [1.807, 2.05) is 62.4 Å². The molecule has 1 N–H and O–H groups in total. The molecule has 1 heterocycles. The summed E-state index contributed by atoms with van der Waals surface area (Å²) in [6.45, 7) is 6.00. The van der Waals surface area contributed by atoms with Crippen molar-refractivity contribution in [3.05, 3.63) is 70.0 Å². The summed E-state index contributed by atoms with van der Waals surface area (Å²) in [5, 5.41) is 11.1. The van der Waals surface area contributed by atoms with Crippen LogP contribution in [0.25, 0.3) is 5.69 Å². The van der Waals surface area contributed by atoms with Gasteiger partial charge in [-0.25, -0.2) is 4.68 Å². The Bertz CT molecular complexity index is 974. The van der Waals surface area contributed by atoms with Crippen LogP contribution in [0.1, 0.15) is 28.7 Å². The minimum absolute atomic E-state index is 0.281. The Morgan fingerprint density at radius 1 is 1.14 bits per heavy atom. The van der Waals surface area contributed by atoms with Crippen molar-refractivity contribution < 1.29 is 14.3 Å². The third kappa shape index (κ3) is 5.72. The highest BCUT2D eigenvalue weighted by Crippen LogP contribution is 2.18. The molecular weight excluding hydrogens is 436 g/mol. The van der Waals surface area contributed by atoms with Crippen molar-refractivity contribution in [3.63, 3.8) is 0 Å². The van der Waals surface area contributed by atoms with Crippen LogP contribution in [0.3, 0.4) is 0 Å². The smallest absolute Gasteiger partial charge is 0.278 e. The third-order valence-corrected chi connectivity index (χ3v) is 4.69. The number of rotatable bonds is 9. The molecule has 0 unspecified atom stereocenters. The summed E-state index contributed by atoms with van der Waals surface area (Å²) in [6, 6.07) is 15.2. The van der Waals surface area contributed by atoms with Gasteiger partial charge in [0.15, 0.2) is 5.69 Å². The molecule has 0 aliphatic rings. The van der Waals surface area contributed by atoms with Crippen LogP contribution in [0.2, 0.25) is 0 Å². The Morgan fingerprint density at radius 3 is 2.72 bits per heavy atom. The molecule has 29 heavy (non-hydrogen) atoms. The van der Waals surface area contributed by atoms with Gasteiger partial charge in [-0.05, 0) is 49.7 Å². The summed E-state index contributed by atoms with van der Waals surface area (Å²) in [5.74, 6) is -0.307. The summed E-state index contributed by atoms with van der Waals surface area (Å²) < 4.78 is 13.4. The number of ether oxygens (including phenoxy) is 2. The van der Waals surface area contributed by atoms with Gasteiger partial charge in [0, 0.05) is 16.8 Å². The maximum atomic E-state index is 12.7. The molecular formula is C21H23BrN4O3. The first-order chi connectivity index (χ1) is 14.1. The van der Waals surface area contributed by atoms with Crippen LogP contribution in [-0.4, -0.2) is 40.7 Å². The molecule has 2 aromatic carbocycles. The molecule has 0 saturated carbocycles. The second-order valence-corrected chi connectivity index (χ2v) is 7.23. The van der Waals surface area contributed by atoms with Crippen LogP contribution in [0.5, 0.6) is 0 Å². The van der Waals surface area contributed by atoms with Gasteiger partial charge in [-0.15, -0.1) is 5.10 Å². The van der Waals surface area contributed by atoms with Gasteiger partial charge < -0.3 is 14.8 Å². The fraction of sp³-hybridized carbons (Fsp3) is 0.286. The summed E-state index contributed by atoms with van der Waals surface area (Å²) in [4.78, 5) is 12.7. The second kappa shape index (κ2) is 10.3. The maximum absolute atomic E-state index is 12.7. The molecule has 0 spiro atoms. The normalized spacial score (nSPS) is 10.9. The lowest BCUT2D eigenvalue weighted by Crippen LogP contribution is -2.14. The standard InChI is InChI=1S/C21H23BrN4O3/c1-3-28-10-11-29-14-16-6-4-8-18(12-16)23-21(27)20-15(2)26(25-24-20)19-9-5-7-17(22)13-19/h4-9,12-13H,3,10-11,14H2,1-2H3,(H,23,27). The van der Waals surface area contributed by atoms with Crippen LogP contribution in [0, 0.1) is 6.92 Å². The van der Waals surface area contributed by atoms with Crippen LogP contribution >= 0.6 is 15.9 Å². The van der Waals surface area contributed by atoms with Crippen molar-refractivity contribution in [2.24, 2.45) is 0 Å². The number of nitrogens with one attached hydrogen (secondary N) is 1. The zero-order valence-corrected chi connectivity index (χ0v) is 18.0. The van der Waals surface area contributed by atoms with E-state index in [1.165, 1.54) is 0 Å². The van der Waals surface area contributed by atoms with E-state index in [0.29, 0.717) is 37.8 Å². The van der Waals surface area contributed by atoms with Crippen molar-refractivity contribution in [2.75, 3.05) is 25.1 Å². The molecule has 0 saturated heterocycles. The lowest BCUT2D eigenvalue weighted by Gasteiger charge is -2.08. The molecule has 152 valence electrons. The Balaban J connectivity index is 1.66. The molecule has 0 radical (unpaired) electrons. The SMILES string of the molecule is CCOCCOCc1cccc(NC(=O)c2nnn(-c3cccc(Br)c3)c2C)c1. The summed E-state index contributed by atoms with van der Waals surface area (Å²) in [7, 11) is 0. The van der Waals surface area contributed by atoms with Gasteiger partial charge in [0.2, 0.25) is 0 Å². The van der Waals surface area contributed by atoms with E-state index in [-0.39, 0.29) is 11.6 Å². The number of aromatic nitrogens is 3. The average molecular weight is 459 g/mol. The molecule has 0 aliphatic carbocycles. The van der Waals surface area contributed by atoms with E-state index in [0.717, 1.165) is 15.7 Å². The number of amides is 1. The van der Waals surface area contributed by atoms with Gasteiger partial charge >= 0.3 is 0 Å². The number of hydrogen-bond acceptors (Lipinski definition) is 5. The first-order valence-corrected chi connectivity index (χ1v) is 10.1. The van der Waals surface area contributed by atoms with E-state index in [1.54, 1.807) is 4.68 Å². The predicted octanol–water partition coefficient (Wildman–Crippen LogP) is 4.14. The van der Waals surface area contributed by atoms with Crippen LogP contribution in [0.15, 0.2) is 53.0 Å². The van der Waals surface area contributed by atoms with Crippen LogP contribution < -0.4 is 5.32 Å². The fourth-order valence-corrected chi connectivity index (χ4v) is 3.16. The van der Waals surface area contributed by atoms with Crippen molar-refractivity contribution in [1.82, 2.24) is 15.0 Å². The number of halogens is 1. The van der Waals surface area contributed by atoms with Gasteiger partial charge in [0.25, 0.3) is 5.91 Å². The molecule has 7 nitrogen and oxygen atoms in total. The Kier molecular flexibility index (Phi) is 7.51. The lowest BCUT2D eigenvalue weighted by atomic mass is 10.2. The molecule has 0 bridgehead atoms. The summed E-state index contributed by atoms with van der Waals surface area (Å²) >= 11 is 3.44. The number of hydrogen-bond donors (Lipinski definition) is 1. The zero-order chi connectivity index (χ0) is 20.6. The molecule has 1 aromatic heterocycles. The molecule has 1 amide bonds. The van der Waals surface area contributed by atoms with Crippen LogP contribution in [0.4, 0.5) is 5.69 Å².